The van der Waals surface area contributed by atoms with Crippen molar-refractivity contribution in [3.63, 3.8) is 0 Å². The first-order valence-electron chi connectivity index (χ1n) is 6.83. The number of carbonyl (C=O) groups excluding carboxylic acids is 1. The molecule has 0 unspecified atom stereocenters. The maximum absolute atomic E-state index is 12.6. The zero-order valence-corrected chi connectivity index (χ0v) is 13.6. The monoisotopic (exact) mass is 368 g/mol. The molecule has 25 heavy (non-hydrogen) atoms. The third kappa shape index (κ3) is 3.84. The molecule has 0 aromatic heterocycles. The van der Waals surface area contributed by atoms with Gasteiger partial charge in [0.25, 0.3) is 15.6 Å². The number of hydrogen-bond donors (Lipinski definition) is 0. The molecule has 0 aliphatic rings. The van der Waals surface area contributed by atoms with Crippen molar-refractivity contribution >= 4 is 20.7 Å². The molecule has 2 aromatic carbocycles. The van der Waals surface area contributed by atoms with E-state index < -0.39 is 37.3 Å². The first-order valence-corrected chi connectivity index (χ1v) is 8.31. The van der Waals surface area contributed by atoms with Crippen LogP contribution in [0.3, 0.4) is 0 Å². The highest BCUT2D eigenvalue weighted by Crippen LogP contribution is 2.30. The van der Waals surface area contributed by atoms with Crippen molar-refractivity contribution in [1.82, 2.24) is 0 Å². The first-order chi connectivity index (χ1) is 11.6. The van der Waals surface area contributed by atoms with Crippen molar-refractivity contribution < 1.29 is 31.2 Å². The fourth-order valence-electron chi connectivity index (χ4n) is 1.98. The number of aryl methyl sites for hydroxylation is 1. The predicted octanol–water partition coefficient (Wildman–Crippen LogP) is 3.30. The van der Waals surface area contributed by atoms with E-state index >= 15 is 0 Å². The largest absolute Gasteiger partial charge is 0.456 e. The molecule has 2 aromatic rings. The van der Waals surface area contributed by atoms with Crippen LogP contribution in [0.2, 0.25) is 0 Å². The lowest BCUT2D eigenvalue weighted by molar-refractivity contribution is -0.137. The number of carbonyl (C=O) groups is 1. The summed E-state index contributed by atoms with van der Waals surface area (Å²) in [6, 6.07) is 8.37. The number of hydrogen-bond acceptors (Lipinski definition) is 3. The van der Waals surface area contributed by atoms with Crippen LogP contribution < -0.4 is 0 Å². The molecule has 0 fully saturated rings. The molecule has 0 aliphatic carbocycles. The highest BCUT2D eigenvalue weighted by Gasteiger charge is 2.39. The van der Waals surface area contributed by atoms with E-state index in [1.807, 2.05) is 0 Å². The Balaban J connectivity index is 2.44. The van der Waals surface area contributed by atoms with Gasteiger partial charge in [0.2, 0.25) is 0 Å². The van der Waals surface area contributed by atoms with Crippen molar-refractivity contribution in [3.8, 4) is 0 Å². The van der Waals surface area contributed by atoms with Crippen molar-refractivity contribution in [2.24, 2.45) is 0 Å². The van der Waals surface area contributed by atoms with Crippen molar-refractivity contribution in [2.75, 3.05) is 0 Å². The maximum atomic E-state index is 12.6. The molecule has 130 valence electrons. The second-order valence-electron chi connectivity index (χ2n) is 5.13. The minimum Gasteiger partial charge on any atom is -0.360 e. The van der Waals surface area contributed by atoms with Crippen LogP contribution in [0.4, 0.5) is 13.2 Å². The van der Waals surface area contributed by atoms with E-state index in [0.717, 1.165) is 5.56 Å². The van der Waals surface area contributed by atoms with Crippen LogP contribution >= 0.6 is 0 Å². The number of Topliss-reactive ketones (excluding diaryl/α,β-unsaturated/α-hetero) is 1. The molecule has 0 amide bonds. The molecule has 0 atom stereocenters. The van der Waals surface area contributed by atoms with Crippen LogP contribution in [-0.4, -0.2) is 24.0 Å². The molecule has 5 nitrogen and oxygen atoms in total. The van der Waals surface area contributed by atoms with Gasteiger partial charge in [0, 0.05) is 5.56 Å². The third-order valence-corrected chi connectivity index (χ3v) is 5.01. The number of ketones is 1. The summed E-state index contributed by atoms with van der Waals surface area (Å²) in [6.07, 6.45) is -4.63. The minimum atomic E-state index is -4.63. The Labute approximate surface area is 141 Å². The van der Waals surface area contributed by atoms with Crippen molar-refractivity contribution in [3.05, 3.63) is 70.8 Å². The lowest BCUT2D eigenvalue weighted by Gasteiger charge is -2.07. The summed E-state index contributed by atoms with van der Waals surface area (Å²) in [7, 11) is -4.59. The van der Waals surface area contributed by atoms with Crippen LogP contribution in [-0.2, 0) is 16.0 Å². The minimum absolute atomic E-state index is 0.0334. The van der Waals surface area contributed by atoms with Crippen LogP contribution in [0.15, 0.2) is 53.4 Å². The Morgan fingerprint density at radius 2 is 1.52 bits per heavy atom. The molecule has 0 saturated heterocycles. The lowest BCUT2D eigenvalue weighted by atomic mass is 10.1. The molecule has 0 heterocycles. The number of halogens is 3. The van der Waals surface area contributed by atoms with Gasteiger partial charge in [-0.2, -0.15) is 13.2 Å². The molecule has 0 radical (unpaired) electrons. The Morgan fingerprint density at radius 3 is 1.96 bits per heavy atom. The zero-order chi connectivity index (χ0) is 18.8. The van der Waals surface area contributed by atoms with E-state index in [-0.39, 0.29) is 5.56 Å². The van der Waals surface area contributed by atoms with Crippen LogP contribution in [0.25, 0.3) is 5.53 Å². The van der Waals surface area contributed by atoms with Crippen molar-refractivity contribution in [1.29, 1.82) is 0 Å². The summed E-state index contributed by atoms with van der Waals surface area (Å²) in [5.41, 5.74) is 8.75. The molecule has 2 rings (SSSR count). The lowest BCUT2D eigenvalue weighted by Crippen LogP contribution is -2.26. The first kappa shape index (κ1) is 18.6. The summed E-state index contributed by atoms with van der Waals surface area (Å²) in [5, 5.41) is -1.17. The number of nitrogens with zero attached hydrogens (tertiary/aromatic N) is 2. The van der Waals surface area contributed by atoms with Crippen LogP contribution in [0.1, 0.15) is 21.5 Å². The second-order valence-corrected chi connectivity index (χ2v) is 6.99. The maximum Gasteiger partial charge on any atom is 0.456 e. The molecule has 0 N–H and O–H groups in total. The Bertz CT molecular complexity index is 957. The molecule has 0 saturated carbocycles. The summed E-state index contributed by atoms with van der Waals surface area (Å²) < 4.78 is 62.5. The van der Waals surface area contributed by atoms with Gasteiger partial charge in [-0.1, -0.05) is 29.8 Å². The van der Waals surface area contributed by atoms with E-state index in [9.17, 15) is 26.4 Å². The van der Waals surface area contributed by atoms with Gasteiger partial charge in [-0.25, -0.2) is 8.42 Å². The summed E-state index contributed by atoms with van der Waals surface area (Å²) in [4.78, 5) is 14.3. The number of sulfone groups is 1. The summed E-state index contributed by atoms with van der Waals surface area (Å²) in [5.74, 6) is -1.07. The van der Waals surface area contributed by atoms with E-state index in [0.29, 0.717) is 24.3 Å². The highest BCUT2D eigenvalue weighted by atomic mass is 32.2. The SMILES string of the molecule is Cc1ccc(C(=O)C(=[N+]=[N-])S(=O)(=O)c2ccc(C(F)(F)F)cc2)cc1. The quantitative estimate of drug-likeness (QED) is 0.274. The Hall–Kier alpha value is -2.77. The Morgan fingerprint density at radius 1 is 1.00 bits per heavy atom. The number of rotatable bonds is 3. The van der Waals surface area contributed by atoms with E-state index in [4.69, 9.17) is 5.53 Å². The molecule has 0 bridgehead atoms. The molecule has 9 heteroatoms. The average Bonchev–Trinajstić information content (AvgIpc) is 2.55. The van der Waals surface area contributed by atoms with Gasteiger partial charge in [-0.05, 0) is 31.2 Å². The summed E-state index contributed by atoms with van der Waals surface area (Å²) in [6.45, 7) is 1.76. The van der Waals surface area contributed by atoms with E-state index in [1.165, 1.54) is 12.1 Å². The predicted molar refractivity (Wildman–Crippen MR) is 82.8 cm³/mol. The molecular formula is C16H11F3N2O3S. The second kappa shape index (κ2) is 6.62. The summed E-state index contributed by atoms with van der Waals surface area (Å²) >= 11 is 0. The van der Waals surface area contributed by atoms with Crippen molar-refractivity contribution in [2.45, 2.75) is 18.0 Å². The smallest absolute Gasteiger partial charge is 0.360 e. The van der Waals surface area contributed by atoms with Crippen LogP contribution in [0, 0.1) is 6.92 Å². The average molecular weight is 368 g/mol. The zero-order valence-electron chi connectivity index (χ0n) is 12.8. The normalized spacial score (nSPS) is 11.7. The van der Waals surface area contributed by atoms with Gasteiger partial charge >= 0.3 is 11.2 Å². The van der Waals surface area contributed by atoms with E-state index in [2.05, 4.69) is 4.79 Å². The third-order valence-electron chi connectivity index (χ3n) is 3.35. The molecule has 0 aliphatic heterocycles. The number of benzene rings is 2. The van der Waals surface area contributed by atoms with Gasteiger partial charge in [0.05, 0.1) is 10.5 Å². The van der Waals surface area contributed by atoms with Gasteiger partial charge < -0.3 is 5.53 Å². The number of alkyl halides is 3. The fourth-order valence-corrected chi connectivity index (χ4v) is 3.17. The molecular weight excluding hydrogens is 357 g/mol. The standard InChI is InChI=1S/C16H11F3N2O3S/c1-10-2-4-11(5-3-10)14(22)15(21-20)25(23,24)13-8-6-12(7-9-13)16(17,18)19/h2-9H,1H3. The van der Waals surface area contributed by atoms with Gasteiger partial charge in [-0.3, -0.25) is 4.79 Å². The van der Waals surface area contributed by atoms with Crippen LogP contribution in [0.5, 0.6) is 0 Å². The molecule has 0 spiro atoms. The fraction of sp³-hybridized carbons (Fsp3) is 0.125. The van der Waals surface area contributed by atoms with Gasteiger partial charge in [0.15, 0.2) is 0 Å². The van der Waals surface area contributed by atoms with Gasteiger partial charge in [-0.15, -0.1) is 4.79 Å². The topological polar surface area (TPSA) is 87.6 Å². The van der Waals surface area contributed by atoms with E-state index in [1.54, 1.807) is 19.1 Å². The highest BCUT2D eigenvalue weighted by molar-refractivity contribution is 8.08. The van der Waals surface area contributed by atoms with Gasteiger partial charge in [0.1, 0.15) is 0 Å². The Kier molecular flexibility index (Phi) is 4.92.